The monoisotopic (exact) mass is 235 g/mol. The number of aryl methyl sites for hydroxylation is 1. The molecule has 0 spiro atoms. The topological polar surface area (TPSA) is 61.0 Å². The van der Waals surface area contributed by atoms with E-state index in [1.54, 1.807) is 19.1 Å². The Balaban J connectivity index is 2.25. The van der Waals surface area contributed by atoms with Crippen molar-refractivity contribution in [3.8, 4) is 0 Å². The number of hydrogen-bond donors (Lipinski definition) is 0. The first-order valence-electron chi connectivity index (χ1n) is 4.99. The Bertz CT molecular complexity index is 566. The maximum absolute atomic E-state index is 12.9. The number of nitrogens with zero attached hydrogens (tertiary/aromatic N) is 3. The van der Waals surface area contributed by atoms with Gasteiger partial charge in [0.1, 0.15) is 17.7 Å². The van der Waals surface area contributed by atoms with Crippen molar-refractivity contribution >= 4 is 5.69 Å². The van der Waals surface area contributed by atoms with Gasteiger partial charge in [-0.3, -0.25) is 14.8 Å². The third-order valence-electron chi connectivity index (χ3n) is 2.35. The highest BCUT2D eigenvalue weighted by atomic mass is 19.1. The molecule has 6 heteroatoms. The standard InChI is InChI=1S/C11H10FN3O2/c1-8-11(15(16)17)7-14(13-8)6-9-3-2-4-10(12)5-9/h2-5,7H,6H2,1H3. The van der Waals surface area contributed by atoms with E-state index in [1.165, 1.54) is 23.0 Å². The van der Waals surface area contributed by atoms with Crippen LogP contribution < -0.4 is 0 Å². The molecule has 0 saturated heterocycles. The minimum absolute atomic E-state index is 0.0265. The summed E-state index contributed by atoms with van der Waals surface area (Å²) in [6.07, 6.45) is 1.35. The number of halogens is 1. The van der Waals surface area contributed by atoms with Crippen LogP contribution in [0.25, 0.3) is 0 Å². The van der Waals surface area contributed by atoms with Crippen LogP contribution in [0, 0.1) is 22.9 Å². The molecule has 0 radical (unpaired) electrons. The fourth-order valence-electron chi connectivity index (χ4n) is 1.59. The van der Waals surface area contributed by atoms with E-state index in [-0.39, 0.29) is 11.5 Å². The first-order chi connectivity index (χ1) is 8.06. The Morgan fingerprint density at radius 3 is 2.88 bits per heavy atom. The van der Waals surface area contributed by atoms with E-state index >= 15 is 0 Å². The maximum Gasteiger partial charge on any atom is 0.309 e. The molecule has 17 heavy (non-hydrogen) atoms. The maximum atomic E-state index is 12.9. The van der Waals surface area contributed by atoms with Crippen LogP contribution >= 0.6 is 0 Å². The summed E-state index contributed by atoms with van der Waals surface area (Å²) in [4.78, 5) is 10.2. The minimum atomic E-state index is -0.482. The van der Waals surface area contributed by atoms with E-state index < -0.39 is 4.92 Å². The van der Waals surface area contributed by atoms with Gasteiger partial charge in [-0.25, -0.2) is 4.39 Å². The number of hydrogen-bond acceptors (Lipinski definition) is 3. The molecular weight excluding hydrogens is 225 g/mol. The molecule has 0 aliphatic rings. The van der Waals surface area contributed by atoms with Crippen LogP contribution in [0.5, 0.6) is 0 Å². The highest BCUT2D eigenvalue weighted by Gasteiger charge is 2.15. The van der Waals surface area contributed by atoms with Gasteiger partial charge in [0.05, 0.1) is 11.5 Å². The summed E-state index contributed by atoms with van der Waals surface area (Å²) < 4.78 is 14.4. The first kappa shape index (κ1) is 11.3. The molecule has 0 unspecified atom stereocenters. The Kier molecular flexibility index (Phi) is 2.86. The van der Waals surface area contributed by atoms with Crippen molar-refractivity contribution in [2.75, 3.05) is 0 Å². The lowest BCUT2D eigenvalue weighted by Gasteiger charge is -2.00. The van der Waals surface area contributed by atoms with E-state index in [0.717, 1.165) is 0 Å². The first-order valence-corrected chi connectivity index (χ1v) is 4.99. The largest absolute Gasteiger partial charge is 0.309 e. The molecule has 1 heterocycles. The van der Waals surface area contributed by atoms with Crippen molar-refractivity contribution in [3.05, 3.63) is 57.7 Å². The van der Waals surface area contributed by atoms with E-state index in [2.05, 4.69) is 5.10 Å². The van der Waals surface area contributed by atoms with E-state index in [1.807, 2.05) is 0 Å². The Morgan fingerprint density at radius 2 is 2.29 bits per heavy atom. The van der Waals surface area contributed by atoms with Crippen LogP contribution in [0.15, 0.2) is 30.5 Å². The minimum Gasteiger partial charge on any atom is -0.261 e. The molecule has 5 nitrogen and oxygen atoms in total. The SMILES string of the molecule is Cc1nn(Cc2cccc(F)c2)cc1[N+](=O)[O-]. The summed E-state index contributed by atoms with van der Waals surface area (Å²) >= 11 is 0. The van der Waals surface area contributed by atoms with Gasteiger partial charge in [0.2, 0.25) is 0 Å². The van der Waals surface area contributed by atoms with Crippen LogP contribution in [-0.4, -0.2) is 14.7 Å². The lowest BCUT2D eigenvalue weighted by Crippen LogP contribution is -2.00. The Labute approximate surface area is 96.6 Å². The van der Waals surface area contributed by atoms with E-state index in [9.17, 15) is 14.5 Å². The van der Waals surface area contributed by atoms with Crippen molar-refractivity contribution in [3.63, 3.8) is 0 Å². The second-order valence-corrected chi connectivity index (χ2v) is 3.68. The molecule has 2 rings (SSSR count). The van der Waals surface area contributed by atoms with Gasteiger partial charge in [-0.1, -0.05) is 12.1 Å². The predicted octanol–water partition coefficient (Wildman–Crippen LogP) is 2.29. The number of aromatic nitrogens is 2. The lowest BCUT2D eigenvalue weighted by atomic mass is 10.2. The van der Waals surface area contributed by atoms with Gasteiger partial charge in [0.25, 0.3) is 0 Å². The van der Waals surface area contributed by atoms with E-state index in [4.69, 9.17) is 0 Å². The molecule has 0 bridgehead atoms. The summed E-state index contributed by atoms with van der Waals surface area (Å²) in [7, 11) is 0. The van der Waals surface area contributed by atoms with Crippen molar-refractivity contribution in [1.82, 2.24) is 9.78 Å². The second kappa shape index (κ2) is 4.32. The third kappa shape index (κ3) is 2.47. The second-order valence-electron chi connectivity index (χ2n) is 3.68. The predicted molar refractivity (Wildman–Crippen MR) is 59.1 cm³/mol. The van der Waals surface area contributed by atoms with Crippen molar-refractivity contribution in [1.29, 1.82) is 0 Å². The van der Waals surface area contributed by atoms with Crippen LogP contribution in [0.2, 0.25) is 0 Å². The summed E-state index contributed by atoms with van der Waals surface area (Å²) in [5.41, 5.74) is 1.04. The summed E-state index contributed by atoms with van der Waals surface area (Å²) in [5, 5.41) is 14.6. The highest BCUT2D eigenvalue weighted by molar-refractivity contribution is 5.31. The van der Waals surface area contributed by atoms with E-state index in [0.29, 0.717) is 17.8 Å². The fourth-order valence-corrected chi connectivity index (χ4v) is 1.59. The number of benzene rings is 1. The third-order valence-corrected chi connectivity index (χ3v) is 2.35. The molecule has 0 aliphatic carbocycles. The molecule has 0 aliphatic heterocycles. The average molecular weight is 235 g/mol. The van der Waals surface area contributed by atoms with Gasteiger partial charge in [-0.2, -0.15) is 5.10 Å². The van der Waals surface area contributed by atoms with Gasteiger partial charge >= 0.3 is 5.69 Å². The Morgan fingerprint density at radius 1 is 1.53 bits per heavy atom. The molecule has 0 saturated carbocycles. The molecule has 0 fully saturated rings. The summed E-state index contributed by atoms with van der Waals surface area (Å²) in [6, 6.07) is 6.06. The van der Waals surface area contributed by atoms with Gasteiger partial charge in [0.15, 0.2) is 0 Å². The molecule has 2 aromatic rings. The molecule has 1 aromatic heterocycles. The molecule has 88 valence electrons. The lowest BCUT2D eigenvalue weighted by molar-refractivity contribution is -0.385. The van der Waals surface area contributed by atoms with Crippen LogP contribution in [0.4, 0.5) is 10.1 Å². The zero-order valence-electron chi connectivity index (χ0n) is 9.13. The smallest absolute Gasteiger partial charge is 0.261 e. The number of nitro groups is 1. The van der Waals surface area contributed by atoms with Crippen molar-refractivity contribution in [2.45, 2.75) is 13.5 Å². The fraction of sp³-hybridized carbons (Fsp3) is 0.182. The van der Waals surface area contributed by atoms with Crippen LogP contribution in [0.1, 0.15) is 11.3 Å². The zero-order valence-corrected chi connectivity index (χ0v) is 9.13. The van der Waals surface area contributed by atoms with Gasteiger partial charge < -0.3 is 0 Å². The molecule has 0 N–H and O–H groups in total. The van der Waals surface area contributed by atoms with Gasteiger partial charge in [0, 0.05) is 0 Å². The molecule has 0 amide bonds. The van der Waals surface area contributed by atoms with Crippen LogP contribution in [-0.2, 0) is 6.54 Å². The summed E-state index contributed by atoms with van der Waals surface area (Å²) in [5.74, 6) is -0.333. The van der Waals surface area contributed by atoms with Crippen molar-refractivity contribution in [2.24, 2.45) is 0 Å². The number of rotatable bonds is 3. The summed E-state index contributed by atoms with van der Waals surface area (Å²) in [6.45, 7) is 1.88. The van der Waals surface area contributed by atoms with Gasteiger partial charge in [-0.15, -0.1) is 0 Å². The van der Waals surface area contributed by atoms with Crippen molar-refractivity contribution < 1.29 is 9.31 Å². The highest BCUT2D eigenvalue weighted by Crippen LogP contribution is 2.16. The quantitative estimate of drug-likeness (QED) is 0.605. The average Bonchev–Trinajstić information content (AvgIpc) is 2.59. The normalized spacial score (nSPS) is 10.5. The Hall–Kier alpha value is -2.24. The molecule has 0 atom stereocenters. The molecule has 1 aromatic carbocycles. The molecular formula is C11H10FN3O2. The zero-order chi connectivity index (χ0) is 12.4. The van der Waals surface area contributed by atoms with Gasteiger partial charge in [-0.05, 0) is 24.6 Å². The van der Waals surface area contributed by atoms with Crippen LogP contribution in [0.3, 0.4) is 0 Å².